The first-order valence-electron chi connectivity index (χ1n) is 13.1. The number of ether oxygens (including phenoxy) is 1. The number of unbranched alkanes of at least 4 members (excludes halogenated alkanes) is 6. The SMILES string of the molecule is CCCCCCCCC1CCC(c2ccc(-c3ccc(OCCCC)cc3)cc2)CC1. The van der Waals surface area contributed by atoms with Gasteiger partial charge in [0.25, 0.3) is 0 Å². The van der Waals surface area contributed by atoms with Gasteiger partial charge in [-0.15, -0.1) is 0 Å². The molecule has 1 fully saturated rings. The van der Waals surface area contributed by atoms with Crippen molar-refractivity contribution in [1.29, 1.82) is 0 Å². The molecule has 2 aromatic rings. The molecule has 0 spiro atoms. The lowest BCUT2D eigenvalue weighted by molar-refractivity contribution is 0.302. The molecular weight excluding hydrogens is 376 g/mol. The van der Waals surface area contributed by atoms with E-state index in [9.17, 15) is 0 Å². The molecule has 170 valence electrons. The molecule has 1 nitrogen and oxygen atoms in total. The summed E-state index contributed by atoms with van der Waals surface area (Å²) >= 11 is 0. The Morgan fingerprint density at radius 1 is 0.645 bits per heavy atom. The van der Waals surface area contributed by atoms with E-state index in [1.807, 2.05) is 0 Å². The molecule has 1 aliphatic carbocycles. The monoisotopic (exact) mass is 420 g/mol. The van der Waals surface area contributed by atoms with E-state index in [0.29, 0.717) is 0 Å². The van der Waals surface area contributed by atoms with Gasteiger partial charge in [-0.3, -0.25) is 0 Å². The van der Waals surface area contributed by atoms with Crippen molar-refractivity contribution >= 4 is 0 Å². The summed E-state index contributed by atoms with van der Waals surface area (Å²) < 4.78 is 5.79. The lowest BCUT2D eigenvalue weighted by atomic mass is 9.77. The third-order valence-electron chi connectivity index (χ3n) is 7.15. The minimum atomic E-state index is 0.768. The Bertz CT molecular complexity index is 707. The van der Waals surface area contributed by atoms with Crippen LogP contribution in [0.1, 0.15) is 109 Å². The van der Waals surface area contributed by atoms with Crippen LogP contribution in [0.2, 0.25) is 0 Å². The maximum absolute atomic E-state index is 5.79. The summed E-state index contributed by atoms with van der Waals surface area (Å²) in [5.41, 5.74) is 4.12. The Morgan fingerprint density at radius 2 is 1.23 bits per heavy atom. The van der Waals surface area contributed by atoms with Crippen molar-refractivity contribution in [3.8, 4) is 16.9 Å². The number of hydrogen-bond acceptors (Lipinski definition) is 1. The molecule has 2 aromatic carbocycles. The van der Waals surface area contributed by atoms with Crippen molar-refractivity contribution < 1.29 is 4.74 Å². The fraction of sp³-hybridized carbons (Fsp3) is 0.600. The summed E-state index contributed by atoms with van der Waals surface area (Å²) in [6.07, 6.45) is 17.9. The molecule has 0 saturated heterocycles. The summed E-state index contributed by atoms with van der Waals surface area (Å²) in [5.74, 6) is 2.73. The Kier molecular flexibility index (Phi) is 10.5. The normalized spacial score (nSPS) is 18.8. The zero-order chi connectivity index (χ0) is 21.7. The second-order valence-electron chi connectivity index (χ2n) is 9.62. The van der Waals surface area contributed by atoms with Crippen LogP contribution in [0.4, 0.5) is 0 Å². The van der Waals surface area contributed by atoms with E-state index in [1.165, 1.54) is 88.2 Å². The molecular formula is C30H44O. The summed E-state index contributed by atoms with van der Waals surface area (Å²) in [5, 5.41) is 0. The quantitative estimate of drug-likeness (QED) is 0.293. The molecule has 0 aliphatic heterocycles. The summed E-state index contributed by atoms with van der Waals surface area (Å²) in [6.45, 7) is 5.30. The third-order valence-corrected chi connectivity index (χ3v) is 7.15. The summed E-state index contributed by atoms with van der Waals surface area (Å²) in [7, 11) is 0. The molecule has 0 heterocycles. The molecule has 0 atom stereocenters. The number of rotatable bonds is 13. The van der Waals surface area contributed by atoms with Gasteiger partial charge in [-0.2, -0.15) is 0 Å². The molecule has 0 N–H and O–H groups in total. The lowest BCUT2D eigenvalue weighted by Gasteiger charge is -2.29. The first-order valence-corrected chi connectivity index (χ1v) is 13.1. The average molecular weight is 421 g/mol. The van der Waals surface area contributed by atoms with Gasteiger partial charge in [-0.25, -0.2) is 0 Å². The fourth-order valence-corrected chi connectivity index (χ4v) is 5.02. The van der Waals surface area contributed by atoms with Crippen LogP contribution < -0.4 is 4.74 Å². The van der Waals surface area contributed by atoms with E-state index in [4.69, 9.17) is 4.74 Å². The van der Waals surface area contributed by atoms with Crippen molar-refractivity contribution in [3.63, 3.8) is 0 Å². The predicted octanol–water partition coefficient (Wildman–Crippen LogP) is 9.56. The maximum atomic E-state index is 5.79. The van der Waals surface area contributed by atoms with Crippen LogP contribution in [0.5, 0.6) is 5.75 Å². The van der Waals surface area contributed by atoms with Gasteiger partial charge in [0.15, 0.2) is 0 Å². The number of hydrogen-bond donors (Lipinski definition) is 0. The van der Waals surface area contributed by atoms with Gasteiger partial charge in [-0.05, 0) is 72.8 Å². The Labute approximate surface area is 191 Å². The van der Waals surface area contributed by atoms with Crippen molar-refractivity contribution in [2.45, 2.75) is 103 Å². The Balaban J connectivity index is 1.41. The molecule has 0 amide bonds. The van der Waals surface area contributed by atoms with E-state index < -0.39 is 0 Å². The molecule has 0 bridgehead atoms. The minimum Gasteiger partial charge on any atom is -0.494 e. The molecule has 0 unspecified atom stereocenters. The van der Waals surface area contributed by atoms with E-state index in [2.05, 4.69) is 62.4 Å². The van der Waals surface area contributed by atoms with Gasteiger partial charge in [0.05, 0.1) is 6.61 Å². The van der Waals surface area contributed by atoms with Gasteiger partial charge in [-0.1, -0.05) is 102 Å². The fourth-order valence-electron chi connectivity index (χ4n) is 5.02. The van der Waals surface area contributed by atoms with Crippen LogP contribution in [0.15, 0.2) is 48.5 Å². The van der Waals surface area contributed by atoms with E-state index in [-0.39, 0.29) is 0 Å². The van der Waals surface area contributed by atoms with E-state index in [0.717, 1.165) is 30.6 Å². The van der Waals surface area contributed by atoms with Gasteiger partial charge < -0.3 is 4.74 Å². The van der Waals surface area contributed by atoms with Crippen LogP contribution >= 0.6 is 0 Å². The second kappa shape index (κ2) is 13.6. The van der Waals surface area contributed by atoms with Crippen LogP contribution in [-0.2, 0) is 0 Å². The highest BCUT2D eigenvalue weighted by Gasteiger charge is 2.22. The van der Waals surface area contributed by atoms with Crippen molar-refractivity contribution in [2.75, 3.05) is 6.61 Å². The predicted molar refractivity (Wildman–Crippen MR) is 135 cm³/mol. The van der Waals surface area contributed by atoms with Crippen LogP contribution in [0.3, 0.4) is 0 Å². The van der Waals surface area contributed by atoms with E-state index in [1.54, 1.807) is 5.56 Å². The molecule has 31 heavy (non-hydrogen) atoms. The molecule has 1 aliphatic rings. The molecule has 1 heteroatoms. The van der Waals surface area contributed by atoms with E-state index >= 15 is 0 Å². The van der Waals surface area contributed by atoms with Crippen LogP contribution in [-0.4, -0.2) is 6.61 Å². The van der Waals surface area contributed by atoms with Crippen LogP contribution in [0, 0.1) is 5.92 Å². The molecule has 3 rings (SSSR count). The Morgan fingerprint density at radius 3 is 1.87 bits per heavy atom. The highest BCUT2D eigenvalue weighted by molar-refractivity contribution is 5.64. The van der Waals surface area contributed by atoms with Crippen molar-refractivity contribution in [3.05, 3.63) is 54.1 Å². The zero-order valence-electron chi connectivity index (χ0n) is 20.1. The highest BCUT2D eigenvalue weighted by Crippen LogP contribution is 2.38. The third kappa shape index (κ3) is 8.02. The molecule has 1 saturated carbocycles. The maximum Gasteiger partial charge on any atom is 0.119 e. The summed E-state index contributed by atoms with van der Waals surface area (Å²) in [6, 6.07) is 17.9. The van der Waals surface area contributed by atoms with Gasteiger partial charge in [0.2, 0.25) is 0 Å². The standard InChI is InChI=1S/C30H44O/c1-3-5-7-8-9-10-11-25-12-14-26(15-13-25)27-16-18-28(19-17-27)29-20-22-30(23-21-29)31-24-6-4-2/h16-23,25-26H,3-15,24H2,1-2H3. The lowest BCUT2D eigenvalue weighted by Crippen LogP contribution is -2.13. The van der Waals surface area contributed by atoms with Crippen molar-refractivity contribution in [1.82, 2.24) is 0 Å². The minimum absolute atomic E-state index is 0.768. The average Bonchev–Trinajstić information content (AvgIpc) is 2.82. The zero-order valence-corrected chi connectivity index (χ0v) is 20.1. The second-order valence-corrected chi connectivity index (χ2v) is 9.62. The van der Waals surface area contributed by atoms with Gasteiger partial charge >= 0.3 is 0 Å². The number of benzene rings is 2. The van der Waals surface area contributed by atoms with Crippen molar-refractivity contribution in [2.24, 2.45) is 5.92 Å². The summed E-state index contributed by atoms with van der Waals surface area (Å²) in [4.78, 5) is 0. The van der Waals surface area contributed by atoms with Gasteiger partial charge in [0.1, 0.15) is 5.75 Å². The van der Waals surface area contributed by atoms with Gasteiger partial charge in [0, 0.05) is 0 Å². The van der Waals surface area contributed by atoms with Crippen LogP contribution in [0.25, 0.3) is 11.1 Å². The topological polar surface area (TPSA) is 9.23 Å². The first-order chi connectivity index (χ1) is 15.3. The highest BCUT2D eigenvalue weighted by atomic mass is 16.5. The first kappa shape index (κ1) is 23.9. The largest absolute Gasteiger partial charge is 0.494 e. The smallest absolute Gasteiger partial charge is 0.119 e. The molecule has 0 radical (unpaired) electrons. The molecule has 0 aromatic heterocycles. The Hall–Kier alpha value is -1.76.